The van der Waals surface area contributed by atoms with Gasteiger partial charge in [0, 0.05) is 20.8 Å². The number of hydrogen-bond donors (Lipinski definition) is 1. The fraction of sp³-hybridized carbons (Fsp3) is 0.118. The van der Waals surface area contributed by atoms with E-state index in [4.69, 9.17) is 34.8 Å². The predicted octanol–water partition coefficient (Wildman–Crippen LogP) is 6.73. The van der Waals surface area contributed by atoms with Gasteiger partial charge in [-0.15, -0.1) is 11.3 Å². The highest BCUT2D eigenvalue weighted by atomic mass is 35.5. The first-order valence-electron chi connectivity index (χ1n) is 6.83. The largest absolute Gasteiger partial charge is 0.321 e. The third-order valence-electron chi connectivity index (χ3n) is 3.71. The summed E-state index contributed by atoms with van der Waals surface area (Å²) in [5.41, 5.74) is 2.91. The van der Waals surface area contributed by atoms with Gasteiger partial charge in [0.15, 0.2) is 0 Å². The molecule has 2 nitrogen and oxygen atoms in total. The number of fused-ring (bicyclic) bond motifs is 1. The number of anilines is 1. The van der Waals surface area contributed by atoms with Gasteiger partial charge in [-0.25, -0.2) is 0 Å². The van der Waals surface area contributed by atoms with Gasteiger partial charge in [0.25, 0.3) is 5.91 Å². The van der Waals surface area contributed by atoms with Crippen LogP contribution in [0.15, 0.2) is 30.3 Å². The summed E-state index contributed by atoms with van der Waals surface area (Å²) >= 11 is 19.9. The van der Waals surface area contributed by atoms with Crippen molar-refractivity contribution >= 4 is 67.8 Å². The van der Waals surface area contributed by atoms with E-state index in [2.05, 4.69) is 5.32 Å². The van der Waals surface area contributed by atoms with Crippen molar-refractivity contribution in [1.82, 2.24) is 0 Å². The molecule has 0 aliphatic carbocycles. The van der Waals surface area contributed by atoms with Gasteiger partial charge in [-0.1, -0.05) is 46.9 Å². The van der Waals surface area contributed by atoms with E-state index in [-0.39, 0.29) is 5.91 Å². The third kappa shape index (κ3) is 3.07. The van der Waals surface area contributed by atoms with E-state index in [0.717, 1.165) is 21.5 Å². The molecule has 2 aromatic carbocycles. The van der Waals surface area contributed by atoms with Crippen molar-refractivity contribution in [1.29, 1.82) is 0 Å². The van der Waals surface area contributed by atoms with E-state index in [1.54, 1.807) is 12.1 Å². The lowest BCUT2D eigenvalue weighted by atomic mass is 10.1. The number of halogens is 3. The molecule has 0 fully saturated rings. The zero-order valence-corrected chi connectivity index (χ0v) is 15.4. The molecule has 1 heterocycles. The number of benzene rings is 2. The minimum absolute atomic E-state index is 0.253. The number of nitrogens with one attached hydrogen (secondary N) is 1. The van der Waals surface area contributed by atoms with Crippen molar-refractivity contribution in [2.45, 2.75) is 13.8 Å². The summed E-state index contributed by atoms with van der Waals surface area (Å²) < 4.78 is 0.790. The Morgan fingerprint density at radius 1 is 1.13 bits per heavy atom. The lowest BCUT2D eigenvalue weighted by molar-refractivity contribution is 0.103. The molecule has 1 amide bonds. The predicted molar refractivity (Wildman–Crippen MR) is 101 cm³/mol. The maximum absolute atomic E-state index is 12.6. The highest BCUT2D eigenvalue weighted by Gasteiger charge is 2.20. The Morgan fingerprint density at radius 2 is 1.87 bits per heavy atom. The van der Waals surface area contributed by atoms with Crippen molar-refractivity contribution in [2.24, 2.45) is 0 Å². The fourth-order valence-electron chi connectivity index (χ4n) is 2.32. The molecule has 0 spiro atoms. The van der Waals surface area contributed by atoms with Crippen LogP contribution in [0.25, 0.3) is 10.1 Å². The lowest BCUT2D eigenvalue weighted by Gasteiger charge is -2.09. The summed E-state index contributed by atoms with van der Waals surface area (Å²) in [5.74, 6) is -0.253. The van der Waals surface area contributed by atoms with Crippen molar-refractivity contribution in [3.63, 3.8) is 0 Å². The number of carbonyl (C=O) groups is 1. The van der Waals surface area contributed by atoms with Gasteiger partial charge in [0.1, 0.15) is 4.88 Å². The maximum Gasteiger partial charge on any atom is 0.267 e. The zero-order chi connectivity index (χ0) is 16.7. The van der Waals surface area contributed by atoms with Crippen LogP contribution in [0.2, 0.25) is 15.1 Å². The van der Waals surface area contributed by atoms with E-state index < -0.39 is 0 Å². The Hall–Kier alpha value is -1.26. The molecule has 0 saturated heterocycles. The van der Waals surface area contributed by atoms with Crippen LogP contribution in [0.5, 0.6) is 0 Å². The monoisotopic (exact) mass is 383 g/mol. The SMILES string of the molecule is Cc1cccc(NC(=O)c2sc3cc(Cl)cc(Cl)c3c2Cl)c1C. The standard InChI is InChI=1S/C17H12Cl3NOS/c1-8-4-3-5-12(9(8)2)21-17(22)16-15(20)14-11(19)6-10(18)7-13(14)23-16/h3-7H,1-2H3,(H,21,22). The molecule has 0 saturated carbocycles. The fourth-order valence-corrected chi connectivity index (χ4v) is 4.60. The molecule has 3 aromatic rings. The second kappa shape index (κ2) is 6.33. The van der Waals surface area contributed by atoms with Crippen LogP contribution in [0.3, 0.4) is 0 Å². The number of hydrogen-bond acceptors (Lipinski definition) is 2. The molecule has 0 bridgehead atoms. The van der Waals surface area contributed by atoms with Gasteiger partial charge < -0.3 is 5.32 Å². The number of carbonyl (C=O) groups excluding carboxylic acids is 1. The van der Waals surface area contributed by atoms with Crippen LogP contribution >= 0.6 is 46.1 Å². The molecular weight excluding hydrogens is 373 g/mol. The minimum atomic E-state index is -0.253. The van der Waals surface area contributed by atoms with Crippen LogP contribution in [0.4, 0.5) is 5.69 Å². The molecule has 0 atom stereocenters. The van der Waals surface area contributed by atoms with Gasteiger partial charge in [-0.3, -0.25) is 4.79 Å². The normalized spacial score (nSPS) is 11.0. The smallest absolute Gasteiger partial charge is 0.267 e. The van der Waals surface area contributed by atoms with Gasteiger partial charge in [0.05, 0.1) is 10.0 Å². The Balaban J connectivity index is 2.03. The summed E-state index contributed by atoms with van der Waals surface area (Å²) in [6.07, 6.45) is 0. The van der Waals surface area contributed by atoms with Gasteiger partial charge in [0.2, 0.25) is 0 Å². The second-order valence-corrected chi connectivity index (χ2v) is 7.48. The highest BCUT2D eigenvalue weighted by Crippen LogP contribution is 2.41. The van der Waals surface area contributed by atoms with Crippen LogP contribution in [-0.2, 0) is 0 Å². The Bertz CT molecular complexity index is 933. The molecule has 0 unspecified atom stereocenters. The number of thiophene rings is 1. The molecular formula is C17H12Cl3NOS. The summed E-state index contributed by atoms with van der Waals surface area (Å²) in [6.45, 7) is 3.97. The van der Waals surface area contributed by atoms with E-state index in [1.807, 2.05) is 32.0 Å². The van der Waals surface area contributed by atoms with Crippen molar-refractivity contribution < 1.29 is 4.79 Å². The Labute approximate surface area is 153 Å². The lowest BCUT2D eigenvalue weighted by Crippen LogP contribution is -2.12. The van der Waals surface area contributed by atoms with Gasteiger partial charge >= 0.3 is 0 Å². The highest BCUT2D eigenvalue weighted by molar-refractivity contribution is 7.21. The molecule has 0 aliphatic rings. The quantitative estimate of drug-likeness (QED) is 0.521. The molecule has 118 valence electrons. The summed E-state index contributed by atoms with van der Waals surface area (Å²) in [7, 11) is 0. The number of amides is 1. The van der Waals surface area contributed by atoms with Crippen molar-refractivity contribution in [2.75, 3.05) is 5.32 Å². The van der Waals surface area contributed by atoms with Crippen molar-refractivity contribution in [3.8, 4) is 0 Å². The first kappa shape index (κ1) is 16.6. The van der Waals surface area contributed by atoms with Crippen LogP contribution in [0.1, 0.15) is 20.8 Å². The summed E-state index contributed by atoms with van der Waals surface area (Å²) in [4.78, 5) is 13.0. The molecule has 23 heavy (non-hydrogen) atoms. The topological polar surface area (TPSA) is 29.1 Å². The average Bonchev–Trinajstić information content (AvgIpc) is 2.81. The van der Waals surface area contributed by atoms with Crippen LogP contribution in [0, 0.1) is 13.8 Å². The third-order valence-corrected chi connectivity index (χ3v) is 5.85. The van der Waals surface area contributed by atoms with Crippen molar-refractivity contribution in [3.05, 3.63) is 61.4 Å². The molecule has 0 aliphatic heterocycles. The van der Waals surface area contributed by atoms with E-state index in [9.17, 15) is 4.79 Å². The van der Waals surface area contributed by atoms with Crippen LogP contribution < -0.4 is 5.32 Å². The minimum Gasteiger partial charge on any atom is -0.321 e. The summed E-state index contributed by atoms with van der Waals surface area (Å²) in [5, 5.41) is 4.89. The Morgan fingerprint density at radius 3 is 2.61 bits per heavy atom. The Kier molecular flexibility index (Phi) is 4.56. The average molecular weight is 385 g/mol. The van der Waals surface area contributed by atoms with E-state index in [0.29, 0.717) is 25.3 Å². The molecule has 0 radical (unpaired) electrons. The second-order valence-electron chi connectivity index (χ2n) is 5.21. The molecule has 3 rings (SSSR count). The van der Waals surface area contributed by atoms with E-state index >= 15 is 0 Å². The zero-order valence-electron chi connectivity index (χ0n) is 12.3. The molecule has 1 aromatic heterocycles. The van der Waals surface area contributed by atoms with E-state index in [1.165, 1.54) is 11.3 Å². The first-order valence-corrected chi connectivity index (χ1v) is 8.78. The van der Waals surface area contributed by atoms with Gasteiger partial charge in [-0.2, -0.15) is 0 Å². The first-order chi connectivity index (χ1) is 10.9. The maximum atomic E-state index is 12.6. The number of rotatable bonds is 2. The van der Waals surface area contributed by atoms with Crippen LogP contribution in [-0.4, -0.2) is 5.91 Å². The summed E-state index contributed by atoms with van der Waals surface area (Å²) in [6, 6.07) is 9.15. The molecule has 1 N–H and O–H groups in total. The molecule has 6 heteroatoms. The number of aryl methyl sites for hydroxylation is 1. The van der Waals surface area contributed by atoms with Gasteiger partial charge in [-0.05, 0) is 43.2 Å².